The van der Waals surface area contributed by atoms with Gasteiger partial charge in [-0.3, -0.25) is 10.1 Å². The molecule has 1 aromatic carbocycles. The number of ether oxygens (including phenoxy) is 1. The lowest BCUT2D eigenvalue weighted by atomic mass is 10.1. The van der Waals surface area contributed by atoms with Crippen LogP contribution in [0.15, 0.2) is 18.2 Å². The maximum atomic E-state index is 13.3. The first kappa shape index (κ1) is 16.5. The van der Waals surface area contributed by atoms with Crippen molar-refractivity contribution in [1.29, 1.82) is 0 Å². The second-order valence-electron chi connectivity index (χ2n) is 3.46. The maximum Gasteiger partial charge on any atom is 0.274 e. The van der Waals surface area contributed by atoms with Crippen LogP contribution in [0.3, 0.4) is 0 Å². The molecule has 0 saturated heterocycles. The van der Waals surface area contributed by atoms with Crippen LogP contribution in [0.2, 0.25) is 0 Å². The molecule has 0 aliphatic heterocycles. The Balaban J connectivity index is 0.00000289. The molecule has 0 amide bonds. The zero-order valence-corrected chi connectivity index (χ0v) is 10.4. The van der Waals surface area contributed by atoms with E-state index in [-0.39, 0.29) is 31.3 Å². The number of non-ortho nitro benzene ring substituents is 1. The molecule has 0 atom stereocenters. The molecule has 1 aromatic rings. The molecule has 0 aliphatic rings. The van der Waals surface area contributed by atoms with Crippen molar-refractivity contribution in [2.24, 2.45) is 5.73 Å². The number of rotatable bonds is 5. The molecule has 18 heavy (non-hydrogen) atoms. The van der Waals surface area contributed by atoms with E-state index < -0.39 is 22.1 Å². The Morgan fingerprint density at radius 3 is 2.56 bits per heavy atom. The topological polar surface area (TPSA) is 78.4 Å². The van der Waals surface area contributed by atoms with Crippen molar-refractivity contribution in [3.05, 3.63) is 33.9 Å². The number of alkyl halides is 2. The fourth-order valence-corrected chi connectivity index (χ4v) is 1.27. The van der Waals surface area contributed by atoms with Crippen molar-refractivity contribution in [1.82, 2.24) is 0 Å². The third-order valence-corrected chi connectivity index (χ3v) is 2.02. The molecular formula is C10H13ClF2N2O3. The van der Waals surface area contributed by atoms with E-state index in [2.05, 4.69) is 0 Å². The number of halogens is 3. The van der Waals surface area contributed by atoms with Crippen molar-refractivity contribution >= 4 is 18.1 Å². The van der Waals surface area contributed by atoms with Gasteiger partial charge in [0.15, 0.2) is 0 Å². The normalized spacial score (nSPS) is 10.7. The Morgan fingerprint density at radius 2 is 2.11 bits per heavy atom. The van der Waals surface area contributed by atoms with Gasteiger partial charge in [0.1, 0.15) is 12.4 Å². The van der Waals surface area contributed by atoms with Crippen LogP contribution >= 0.6 is 12.4 Å². The summed E-state index contributed by atoms with van der Waals surface area (Å²) in [7, 11) is 0. The first-order valence-corrected chi connectivity index (χ1v) is 4.86. The van der Waals surface area contributed by atoms with Gasteiger partial charge in [-0.15, -0.1) is 12.4 Å². The molecule has 8 heteroatoms. The number of nitro benzene ring substituents is 1. The van der Waals surface area contributed by atoms with E-state index in [1.807, 2.05) is 0 Å². The summed E-state index contributed by atoms with van der Waals surface area (Å²) < 4.78 is 31.5. The highest BCUT2D eigenvalue weighted by atomic mass is 35.5. The molecule has 0 bridgehead atoms. The quantitative estimate of drug-likeness (QED) is 0.665. The summed E-state index contributed by atoms with van der Waals surface area (Å²) in [5, 5.41) is 10.5. The SMILES string of the molecule is CC(F)(F)c1cc([N+](=O)[O-])ccc1OCCN.Cl. The number of hydrogen-bond acceptors (Lipinski definition) is 4. The van der Waals surface area contributed by atoms with Gasteiger partial charge in [-0.2, -0.15) is 0 Å². The lowest BCUT2D eigenvalue weighted by Gasteiger charge is -2.15. The van der Waals surface area contributed by atoms with Crippen molar-refractivity contribution in [3.8, 4) is 5.75 Å². The van der Waals surface area contributed by atoms with Crippen LogP contribution in [0.5, 0.6) is 5.75 Å². The molecule has 1 rings (SSSR count). The highest BCUT2D eigenvalue weighted by Crippen LogP contribution is 2.36. The van der Waals surface area contributed by atoms with Gasteiger partial charge in [0.05, 0.1) is 10.5 Å². The number of nitrogens with two attached hydrogens (primary N) is 1. The highest BCUT2D eigenvalue weighted by molar-refractivity contribution is 5.85. The average Bonchev–Trinajstić information content (AvgIpc) is 2.24. The van der Waals surface area contributed by atoms with Crippen LogP contribution in [-0.2, 0) is 5.92 Å². The molecule has 0 heterocycles. The number of nitrogens with zero attached hydrogens (tertiary/aromatic N) is 1. The third kappa shape index (κ3) is 4.08. The van der Waals surface area contributed by atoms with Crippen molar-refractivity contribution in [2.75, 3.05) is 13.2 Å². The summed E-state index contributed by atoms with van der Waals surface area (Å²) >= 11 is 0. The molecule has 102 valence electrons. The van der Waals surface area contributed by atoms with Gasteiger partial charge in [-0.05, 0) is 6.07 Å². The Labute approximate surface area is 108 Å². The third-order valence-electron chi connectivity index (χ3n) is 2.02. The molecule has 0 aliphatic carbocycles. The number of nitro groups is 1. The summed E-state index contributed by atoms with van der Waals surface area (Å²) in [6, 6.07) is 3.08. The Kier molecular flexibility index (Phi) is 5.93. The van der Waals surface area contributed by atoms with E-state index in [4.69, 9.17) is 10.5 Å². The van der Waals surface area contributed by atoms with Gasteiger partial charge in [0.25, 0.3) is 11.6 Å². The van der Waals surface area contributed by atoms with E-state index >= 15 is 0 Å². The van der Waals surface area contributed by atoms with E-state index in [0.717, 1.165) is 18.2 Å². The van der Waals surface area contributed by atoms with Crippen molar-refractivity contribution < 1.29 is 18.4 Å². The predicted octanol–water partition coefficient (Wildman–Crippen LogP) is 2.47. The molecule has 2 N–H and O–H groups in total. The number of hydrogen-bond donors (Lipinski definition) is 1. The molecule has 0 spiro atoms. The fraction of sp³-hybridized carbons (Fsp3) is 0.400. The van der Waals surface area contributed by atoms with Crippen LogP contribution in [0.4, 0.5) is 14.5 Å². The lowest BCUT2D eigenvalue weighted by molar-refractivity contribution is -0.385. The van der Waals surface area contributed by atoms with Crippen LogP contribution in [-0.4, -0.2) is 18.1 Å². The molecule has 0 aromatic heterocycles. The maximum absolute atomic E-state index is 13.3. The van der Waals surface area contributed by atoms with E-state index in [0.29, 0.717) is 6.92 Å². The minimum Gasteiger partial charge on any atom is -0.492 e. The van der Waals surface area contributed by atoms with Gasteiger partial charge in [0, 0.05) is 25.6 Å². The standard InChI is InChI=1S/C10H12F2N2O3.ClH/c1-10(11,12)8-6-7(14(15)16)2-3-9(8)17-5-4-13;/h2-3,6H,4-5,13H2,1H3;1H. The Morgan fingerprint density at radius 1 is 1.50 bits per heavy atom. The summed E-state index contributed by atoms with van der Waals surface area (Å²) in [5.74, 6) is -3.30. The number of benzene rings is 1. The molecule has 0 fully saturated rings. The Hall–Kier alpha value is -1.47. The van der Waals surface area contributed by atoms with Gasteiger partial charge < -0.3 is 10.5 Å². The molecule has 5 nitrogen and oxygen atoms in total. The zero-order chi connectivity index (χ0) is 13.1. The second-order valence-corrected chi connectivity index (χ2v) is 3.46. The minimum absolute atomic E-state index is 0. The van der Waals surface area contributed by atoms with Crippen molar-refractivity contribution in [3.63, 3.8) is 0 Å². The highest BCUT2D eigenvalue weighted by Gasteiger charge is 2.30. The van der Waals surface area contributed by atoms with Gasteiger partial charge >= 0.3 is 0 Å². The van der Waals surface area contributed by atoms with Crippen LogP contribution in [0.1, 0.15) is 12.5 Å². The lowest BCUT2D eigenvalue weighted by Crippen LogP contribution is -2.15. The van der Waals surface area contributed by atoms with Crippen LogP contribution < -0.4 is 10.5 Å². The summed E-state index contributed by atoms with van der Waals surface area (Å²) in [4.78, 5) is 9.77. The smallest absolute Gasteiger partial charge is 0.274 e. The van der Waals surface area contributed by atoms with E-state index in [1.165, 1.54) is 0 Å². The minimum atomic E-state index is -3.21. The van der Waals surface area contributed by atoms with Crippen molar-refractivity contribution in [2.45, 2.75) is 12.8 Å². The molecule has 0 saturated carbocycles. The summed E-state index contributed by atoms with van der Waals surface area (Å²) in [6.45, 7) is 0.897. The zero-order valence-electron chi connectivity index (χ0n) is 9.56. The monoisotopic (exact) mass is 282 g/mol. The average molecular weight is 283 g/mol. The van der Waals surface area contributed by atoms with E-state index in [9.17, 15) is 18.9 Å². The first-order chi connectivity index (χ1) is 7.86. The Bertz CT molecular complexity index is 424. The molecule has 0 radical (unpaired) electrons. The van der Waals surface area contributed by atoms with Gasteiger partial charge in [-0.25, -0.2) is 8.78 Å². The summed E-state index contributed by atoms with van der Waals surface area (Å²) in [6.07, 6.45) is 0. The second kappa shape index (κ2) is 6.46. The van der Waals surface area contributed by atoms with E-state index in [1.54, 1.807) is 0 Å². The molecule has 0 unspecified atom stereocenters. The predicted molar refractivity (Wildman–Crippen MR) is 64.5 cm³/mol. The van der Waals surface area contributed by atoms with Crippen LogP contribution in [0.25, 0.3) is 0 Å². The fourth-order valence-electron chi connectivity index (χ4n) is 1.27. The van der Waals surface area contributed by atoms with Gasteiger partial charge in [-0.1, -0.05) is 0 Å². The first-order valence-electron chi connectivity index (χ1n) is 4.86. The largest absolute Gasteiger partial charge is 0.492 e. The summed E-state index contributed by atoms with van der Waals surface area (Å²) in [5.41, 5.74) is 4.28. The van der Waals surface area contributed by atoms with Gasteiger partial charge in [0.2, 0.25) is 0 Å². The van der Waals surface area contributed by atoms with Crippen LogP contribution in [0, 0.1) is 10.1 Å². The molecular weight excluding hydrogens is 270 g/mol.